The minimum Gasteiger partial charge on any atom is -0.239 e. The van der Waals surface area contributed by atoms with Gasteiger partial charge in [0.05, 0.1) is 10.7 Å². The molecular formula is C10H12IN3S. The lowest BCUT2D eigenvalue weighted by atomic mass is 10.2. The van der Waals surface area contributed by atoms with Crippen LogP contribution in [0.15, 0.2) is 6.33 Å². The molecule has 80 valence electrons. The number of fused-ring (bicyclic) bond motifs is 1. The molecule has 0 aliphatic heterocycles. The van der Waals surface area contributed by atoms with Crippen molar-refractivity contribution >= 4 is 44.3 Å². The summed E-state index contributed by atoms with van der Waals surface area (Å²) in [5, 5.41) is 1.18. The monoisotopic (exact) mass is 333 g/mol. The predicted octanol–water partition coefficient (Wildman–Crippen LogP) is 3.02. The van der Waals surface area contributed by atoms with Gasteiger partial charge in [-0.05, 0) is 6.42 Å². The van der Waals surface area contributed by atoms with Crippen LogP contribution in [0.5, 0.6) is 0 Å². The van der Waals surface area contributed by atoms with Gasteiger partial charge in [-0.1, -0.05) is 47.3 Å². The molecule has 0 bridgehead atoms. The standard InChI is InChI=1S/C10H12IN3S/c1-2-3-7-9-10(13-6-12-7)15-8(14-9)4-5-11/h6H,2-5H2,1H3. The smallest absolute Gasteiger partial charge is 0.147 e. The third-order valence-corrected chi connectivity index (χ3v) is 3.67. The van der Waals surface area contributed by atoms with Gasteiger partial charge in [-0.3, -0.25) is 0 Å². The van der Waals surface area contributed by atoms with Gasteiger partial charge in [0.1, 0.15) is 16.7 Å². The van der Waals surface area contributed by atoms with Crippen molar-refractivity contribution in [2.24, 2.45) is 0 Å². The van der Waals surface area contributed by atoms with E-state index in [9.17, 15) is 0 Å². The highest BCUT2D eigenvalue weighted by Gasteiger charge is 2.09. The summed E-state index contributed by atoms with van der Waals surface area (Å²) in [4.78, 5) is 14.2. The van der Waals surface area contributed by atoms with Crippen molar-refractivity contribution in [1.29, 1.82) is 0 Å². The summed E-state index contributed by atoms with van der Waals surface area (Å²) in [7, 11) is 0. The molecule has 0 saturated carbocycles. The number of hydrogen-bond donors (Lipinski definition) is 0. The van der Waals surface area contributed by atoms with E-state index in [0.29, 0.717) is 0 Å². The van der Waals surface area contributed by atoms with Gasteiger partial charge >= 0.3 is 0 Å². The summed E-state index contributed by atoms with van der Waals surface area (Å²) in [6.45, 7) is 2.16. The van der Waals surface area contributed by atoms with E-state index in [2.05, 4.69) is 44.5 Å². The average molecular weight is 333 g/mol. The highest BCUT2D eigenvalue weighted by molar-refractivity contribution is 14.1. The van der Waals surface area contributed by atoms with Crippen molar-refractivity contribution in [3.63, 3.8) is 0 Å². The molecule has 2 aromatic heterocycles. The molecule has 2 rings (SSSR count). The first-order valence-corrected chi connectivity index (χ1v) is 7.34. The third-order valence-electron chi connectivity index (χ3n) is 2.11. The number of aromatic nitrogens is 3. The van der Waals surface area contributed by atoms with Gasteiger partial charge in [0.25, 0.3) is 0 Å². The quantitative estimate of drug-likeness (QED) is 0.638. The van der Waals surface area contributed by atoms with Crippen LogP contribution >= 0.6 is 33.9 Å². The molecule has 0 radical (unpaired) electrons. The minimum atomic E-state index is 0.992. The van der Waals surface area contributed by atoms with E-state index >= 15 is 0 Å². The number of nitrogens with zero attached hydrogens (tertiary/aromatic N) is 3. The molecule has 0 aliphatic rings. The Morgan fingerprint density at radius 2 is 2.20 bits per heavy atom. The van der Waals surface area contributed by atoms with Crippen LogP contribution < -0.4 is 0 Å². The van der Waals surface area contributed by atoms with Crippen LogP contribution in [0.2, 0.25) is 0 Å². The lowest BCUT2D eigenvalue weighted by Crippen LogP contribution is -1.92. The van der Waals surface area contributed by atoms with E-state index in [1.807, 2.05) is 0 Å². The minimum absolute atomic E-state index is 0.992. The fourth-order valence-corrected chi connectivity index (χ4v) is 3.25. The maximum Gasteiger partial charge on any atom is 0.147 e. The van der Waals surface area contributed by atoms with Gasteiger partial charge in [-0.15, -0.1) is 0 Å². The van der Waals surface area contributed by atoms with Crippen LogP contribution in [0.1, 0.15) is 24.0 Å². The zero-order chi connectivity index (χ0) is 10.7. The molecule has 0 unspecified atom stereocenters. The molecule has 0 aliphatic carbocycles. The van der Waals surface area contributed by atoms with Gasteiger partial charge in [-0.2, -0.15) is 0 Å². The van der Waals surface area contributed by atoms with Crippen molar-refractivity contribution in [3.8, 4) is 0 Å². The normalized spacial score (nSPS) is 11.1. The van der Waals surface area contributed by atoms with Crippen molar-refractivity contribution in [1.82, 2.24) is 15.0 Å². The van der Waals surface area contributed by atoms with Crippen LogP contribution in [0, 0.1) is 0 Å². The maximum absolute atomic E-state index is 4.61. The molecule has 15 heavy (non-hydrogen) atoms. The predicted molar refractivity (Wildman–Crippen MR) is 71.8 cm³/mol. The summed E-state index contributed by atoms with van der Waals surface area (Å²) >= 11 is 4.07. The first-order chi connectivity index (χ1) is 7.35. The zero-order valence-electron chi connectivity index (χ0n) is 8.53. The molecule has 3 nitrogen and oxygen atoms in total. The summed E-state index contributed by atoms with van der Waals surface area (Å²) in [5.74, 6) is 0. The van der Waals surface area contributed by atoms with Crippen molar-refractivity contribution < 1.29 is 0 Å². The van der Waals surface area contributed by atoms with E-state index < -0.39 is 0 Å². The molecule has 5 heteroatoms. The summed E-state index contributed by atoms with van der Waals surface area (Å²) in [6, 6.07) is 0. The van der Waals surface area contributed by atoms with E-state index in [0.717, 1.165) is 39.7 Å². The van der Waals surface area contributed by atoms with Crippen LogP contribution in [0.25, 0.3) is 10.3 Å². The molecular weight excluding hydrogens is 321 g/mol. The van der Waals surface area contributed by atoms with E-state index in [4.69, 9.17) is 0 Å². The Morgan fingerprint density at radius 3 is 2.93 bits per heavy atom. The Morgan fingerprint density at radius 1 is 1.33 bits per heavy atom. The van der Waals surface area contributed by atoms with Crippen LogP contribution in [0.3, 0.4) is 0 Å². The van der Waals surface area contributed by atoms with E-state index in [-0.39, 0.29) is 0 Å². The van der Waals surface area contributed by atoms with Crippen molar-refractivity contribution in [2.75, 3.05) is 4.43 Å². The molecule has 0 spiro atoms. The second-order valence-electron chi connectivity index (χ2n) is 3.27. The largest absolute Gasteiger partial charge is 0.239 e. The average Bonchev–Trinajstić information content (AvgIpc) is 2.62. The Hall–Kier alpha value is -0.300. The topological polar surface area (TPSA) is 38.7 Å². The molecule has 0 amide bonds. The molecule has 0 N–H and O–H groups in total. The van der Waals surface area contributed by atoms with Crippen LogP contribution in [0.4, 0.5) is 0 Å². The highest BCUT2D eigenvalue weighted by Crippen LogP contribution is 2.22. The number of aryl methyl sites for hydroxylation is 2. The Labute approximate surface area is 106 Å². The van der Waals surface area contributed by atoms with Gasteiger partial charge in [0, 0.05) is 10.8 Å². The highest BCUT2D eigenvalue weighted by atomic mass is 127. The molecule has 0 saturated heterocycles. The third kappa shape index (κ3) is 2.44. The van der Waals surface area contributed by atoms with Gasteiger partial charge < -0.3 is 0 Å². The number of alkyl halides is 1. The molecule has 0 aromatic carbocycles. The maximum atomic E-state index is 4.61. The fourth-order valence-electron chi connectivity index (χ4n) is 1.45. The number of rotatable bonds is 4. The van der Waals surface area contributed by atoms with Crippen LogP contribution in [-0.4, -0.2) is 19.4 Å². The first-order valence-electron chi connectivity index (χ1n) is 5.00. The SMILES string of the molecule is CCCc1ncnc2sc(CCI)nc12. The van der Waals surface area contributed by atoms with Gasteiger partial charge in [0.2, 0.25) is 0 Å². The second-order valence-corrected chi connectivity index (χ2v) is 5.41. The lowest BCUT2D eigenvalue weighted by Gasteiger charge is -1.96. The van der Waals surface area contributed by atoms with Gasteiger partial charge in [0.15, 0.2) is 0 Å². The number of thiazole rings is 1. The fraction of sp³-hybridized carbons (Fsp3) is 0.500. The van der Waals surface area contributed by atoms with Crippen molar-refractivity contribution in [3.05, 3.63) is 17.0 Å². The molecule has 2 heterocycles. The zero-order valence-corrected chi connectivity index (χ0v) is 11.5. The first kappa shape index (κ1) is 11.2. The number of halogens is 1. The summed E-state index contributed by atoms with van der Waals surface area (Å²) in [5.41, 5.74) is 2.11. The number of hydrogen-bond acceptors (Lipinski definition) is 4. The molecule has 2 aromatic rings. The summed E-state index contributed by atoms with van der Waals surface area (Å²) in [6.07, 6.45) is 4.78. The van der Waals surface area contributed by atoms with E-state index in [1.54, 1.807) is 17.7 Å². The van der Waals surface area contributed by atoms with Gasteiger partial charge in [-0.25, -0.2) is 15.0 Å². The Kier molecular flexibility index (Phi) is 3.85. The second kappa shape index (κ2) is 5.16. The molecule has 0 fully saturated rings. The molecule has 0 atom stereocenters. The Balaban J connectivity index is 2.44. The van der Waals surface area contributed by atoms with E-state index in [1.165, 1.54) is 5.01 Å². The van der Waals surface area contributed by atoms with Crippen LogP contribution in [-0.2, 0) is 12.8 Å². The Bertz CT molecular complexity index is 455. The van der Waals surface area contributed by atoms with Crippen molar-refractivity contribution in [2.45, 2.75) is 26.2 Å². The lowest BCUT2D eigenvalue weighted by molar-refractivity contribution is 0.882. The summed E-state index contributed by atoms with van der Waals surface area (Å²) < 4.78 is 1.11.